The predicted octanol–water partition coefficient (Wildman–Crippen LogP) is 0.951. The minimum Gasteiger partial charge on any atom is -0.371 e. The van der Waals surface area contributed by atoms with Crippen molar-refractivity contribution < 1.29 is 23.5 Å². The van der Waals surface area contributed by atoms with Crippen LogP contribution in [0.3, 0.4) is 0 Å². The Morgan fingerprint density at radius 1 is 1.37 bits per heavy atom. The molecule has 2 fully saturated rings. The molecule has 0 spiro atoms. The van der Waals surface area contributed by atoms with Crippen LogP contribution in [0, 0.1) is 5.82 Å². The van der Waals surface area contributed by atoms with Gasteiger partial charge in [0.05, 0.1) is 19.3 Å². The van der Waals surface area contributed by atoms with Crippen molar-refractivity contribution in [3.63, 3.8) is 0 Å². The highest BCUT2D eigenvalue weighted by molar-refractivity contribution is 6.07. The summed E-state index contributed by atoms with van der Waals surface area (Å²) in [6.45, 7) is 4.83. The molecular weight excluding hydrogens is 355 g/mol. The highest BCUT2D eigenvalue weighted by atomic mass is 19.1. The maximum atomic E-state index is 13.1. The molecule has 2 heterocycles. The molecule has 0 saturated carbocycles. The molecule has 2 saturated heterocycles. The fourth-order valence-electron chi connectivity index (χ4n) is 3.11. The Labute approximate surface area is 156 Å². The van der Waals surface area contributed by atoms with Crippen LogP contribution in [-0.2, 0) is 14.3 Å². The van der Waals surface area contributed by atoms with Crippen LogP contribution >= 0.6 is 0 Å². The van der Waals surface area contributed by atoms with Crippen LogP contribution in [0.5, 0.6) is 0 Å². The Morgan fingerprint density at radius 3 is 2.70 bits per heavy atom. The number of hydrogen-bond acceptors (Lipinski definition) is 5. The van der Waals surface area contributed by atoms with E-state index in [1.165, 1.54) is 12.1 Å². The Morgan fingerprint density at radius 2 is 2.07 bits per heavy atom. The number of nitrogens with zero attached hydrogens (tertiary/aromatic N) is 2. The number of urea groups is 1. The first-order valence-corrected chi connectivity index (χ1v) is 8.88. The van der Waals surface area contributed by atoms with Crippen molar-refractivity contribution in [2.75, 3.05) is 26.2 Å². The van der Waals surface area contributed by atoms with Gasteiger partial charge >= 0.3 is 6.03 Å². The number of benzene rings is 1. The number of carbonyl (C=O) groups excluding carboxylic acids is 3. The smallest absolute Gasteiger partial charge is 0.344 e. The Kier molecular flexibility index (Phi) is 5.43. The molecule has 4 amide bonds. The molecule has 2 aliphatic heterocycles. The van der Waals surface area contributed by atoms with Crippen molar-refractivity contribution in [3.05, 3.63) is 35.6 Å². The summed E-state index contributed by atoms with van der Waals surface area (Å²) in [5.74, 6) is -1.26. The summed E-state index contributed by atoms with van der Waals surface area (Å²) in [6, 6.07) is 5.41. The van der Waals surface area contributed by atoms with Crippen LogP contribution < -0.4 is 10.7 Å². The molecule has 146 valence electrons. The Balaban J connectivity index is 1.57. The molecule has 1 aromatic carbocycles. The SMILES string of the molecule is CCC1(C)NC(=O)N(NC(=O)CN2CCOC(c3ccc(F)cc3)C2)C1=O. The molecule has 2 N–H and O–H groups in total. The van der Waals surface area contributed by atoms with Crippen molar-refractivity contribution in [2.45, 2.75) is 31.9 Å². The van der Waals surface area contributed by atoms with Crippen LogP contribution in [0.2, 0.25) is 0 Å². The second kappa shape index (κ2) is 7.61. The van der Waals surface area contributed by atoms with E-state index >= 15 is 0 Å². The number of hydrogen-bond donors (Lipinski definition) is 2. The largest absolute Gasteiger partial charge is 0.371 e. The van der Waals surface area contributed by atoms with Gasteiger partial charge in [0.1, 0.15) is 11.4 Å². The van der Waals surface area contributed by atoms with Gasteiger partial charge < -0.3 is 10.1 Å². The number of morpholine rings is 1. The van der Waals surface area contributed by atoms with Gasteiger partial charge in [0.15, 0.2) is 0 Å². The van der Waals surface area contributed by atoms with E-state index in [0.29, 0.717) is 26.1 Å². The number of imide groups is 1. The maximum Gasteiger partial charge on any atom is 0.344 e. The van der Waals surface area contributed by atoms with Gasteiger partial charge in [0.2, 0.25) is 0 Å². The lowest BCUT2D eigenvalue weighted by Gasteiger charge is -2.32. The van der Waals surface area contributed by atoms with Crippen molar-refractivity contribution in [2.24, 2.45) is 0 Å². The van der Waals surface area contributed by atoms with Crippen molar-refractivity contribution in [3.8, 4) is 0 Å². The first-order chi connectivity index (χ1) is 12.8. The molecule has 9 heteroatoms. The number of nitrogens with one attached hydrogen (secondary N) is 2. The molecule has 27 heavy (non-hydrogen) atoms. The molecule has 3 rings (SSSR count). The van der Waals surface area contributed by atoms with Crippen LogP contribution in [0.1, 0.15) is 31.9 Å². The molecule has 0 radical (unpaired) electrons. The van der Waals surface area contributed by atoms with Gasteiger partial charge in [-0.2, -0.15) is 5.01 Å². The topological polar surface area (TPSA) is 91.0 Å². The number of halogens is 1. The van der Waals surface area contributed by atoms with Gasteiger partial charge in [0, 0.05) is 13.1 Å². The van der Waals surface area contributed by atoms with E-state index in [-0.39, 0.29) is 18.5 Å². The highest BCUT2D eigenvalue weighted by Gasteiger charge is 2.47. The average molecular weight is 378 g/mol. The van der Waals surface area contributed by atoms with Crippen molar-refractivity contribution in [1.82, 2.24) is 20.7 Å². The van der Waals surface area contributed by atoms with E-state index in [1.54, 1.807) is 26.0 Å². The summed E-state index contributed by atoms with van der Waals surface area (Å²) >= 11 is 0. The third-order valence-electron chi connectivity index (χ3n) is 4.96. The predicted molar refractivity (Wildman–Crippen MR) is 93.7 cm³/mol. The second-order valence-electron chi connectivity index (χ2n) is 6.94. The van der Waals surface area contributed by atoms with E-state index in [0.717, 1.165) is 10.6 Å². The molecule has 2 unspecified atom stereocenters. The van der Waals surface area contributed by atoms with Crippen LogP contribution in [0.15, 0.2) is 24.3 Å². The normalized spacial score (nSPS) is 26.2. The highest BCUT2D eigenvalue weighted by Crippen LogP contribution is 2.22. The molecule has 2 aliphatic rings. The van der Waals surface area contributed by atoms with E-state index < -0.39 is 23.4 Å². The van der Waals surface area contributed by atoms with Gasteiger partial charge in [-0.3, -0.25) is 19.9 Å². The summed E-state index contributed by atoms with van der Waals surface area (Å²) in [5.41, 5.74) is 2.20. The zero-order chi connectivity index (χ0) is 19.6. The number of rotatable bonds is 5. The van der Waals surface area contributed by atoms with Crippen molar-refractivity contribution in [1.29, 1.82) is 0 Å². The molecule has 8 nitrogen and oxygen atoms in total. The minimum atomic E-state index is -1.00. The minimum absolute atomic E-state index is 0.0148. The number of amides is 4. The number of carbonyl (C=O) groups is 3. The van der Waals surface area contributed by atoms with Crippen LogP contribution in [0.25, 0.3) is 0 Å². The summed E-state index contributed by atoms with van der Waals surface area (Å²) in [6.07, 6.45) is 0.152. The molecular formula is C18H23FN4O4. The summed E-state index contributed by atoms with van der Waals surface area (Å²) in [4.78, 5) is 38.5. The second-order valence-corrected chi connectivity index (χ2v) is 6.94. The first-order valence-electron chi connectivity index (χ1n) is 8.88. The van der Waals surface area contributed by atoms with Gasteiger partial charge in [-0.25, -0.2) is 9.18 Å². The third kappa shape index (κ3) is 4.09. The third-order valence-corrected chi connectivity index (χ3v) is 4.96. The van der Waals surface area contributed by atoms with Crippen LogP contribution in [0.4, 0.5) is 9.18 Å². The zero-order valence-corrected chi connectivity index (χ0v) is 15.3. The average Bonchev–Trinajstić information content (AvgIpc) is 2.86. The first kappa shape index (κ1) is 19.2. The molecule has 0 aromatic heterocycles. The standard InChI is InChI=1S/C18H23FN4O4/c1-3-18(2)16(25)23(17(26)20-18)21-15(24)11-22-8-9-27-14(10-22)12-4-6-13(19)7-5-12/h4-7,14H,3,8-11H2,1-2H3,(H,20,26)(H,21,24). The lowest BCUT2D eigenvalue weighted by atomic mass is 10.00. The number of ether oxygens (including phenoxy) is 1. The Hall–Kier alpha value is -2.52. The van der Waals surface area contributed by atoms with Gasteiger partial charge in [-0.15, -0.1) is 0 Å². The molecule has 0 bridgehead atoms. The molecule has 1 aromatic rings. The lowest BCUT2D eigenvalue weighted by molar-refractivity contribution is -0.140. The Bertz CT molecular complexity index is 741. The van der Waals surface area contributed by atoms with E-state index in [2.05, 4.69) is 10.7 Å². The van der Waals surface area contributed by atoms with Gasteiger partial charge in [0.25, 0.3) is 11.8 Å². The van der Waals surface area contributed by atoms with E-state index in [9.17, 15) is 18.8 Å². The van der Waals surface area contributed by atoms with Gasteiger partial charge in [-0.05, 0) is 31.0 Å². The molecule has 2 atom stereocenters. The van der Waals surface area contributed by atoms with Crippen LogP contribution in [-0.4, -0.2) is 59.5 Å². The fourth-order valence-corrected chi connectivity index (χ4v) is 3.11. The zero-order valence-electron chi connectivity index (χ0n) is 15.3. The van der Waals surface area contributed by atoms with Crippen molar-refractivity contribution >= 4 is 17.8 Å². The van der Waals surface area contributed by atoms with E-state index in [4.69, 9.17) is 4.74 Å². The summed E-state index contributed by atoms with van der Waals surface area (Å²) < 4.78 is 18.8. The van der Waals surface area contributed by atoms with Gasteiger partial charge in [-0.1, -0.05) is 19.1 Å². The summed E-state index contributed by atoms with van der Waals surface area (Å²) in [5, 5.41) is 3.32. The summed E-state index contributed by atoms with van der Waals surface area (Å²) in [7, 11) is 0. The molecule has 0 aliphatic carbocycles. The van der Waals surface area contributed by atoms with E-state index in [1.807, 2.05) is 4.90 Å². The quantitative estimate of drug-likeness (QED) is 0.745. The maximum absolute atomic E-state index is 13.1. The monoisotopic (exact) mass is 378 g/mol. The lowest BCUT2D eigenvalue weighted by Crippen LogP contribution is -2.52. The number of hydrazine groups is 1. The fraction of sp³-hybridized carbons (Fsp3) is 0.500.